The summed E-state index contributed by atoms with van der Waals surface area (Å²) >= 11 is 4.16. The van der Waals surface area contributed by atoms with Crippen molar-refractivity contribution in [3.63, 3.8) is 0 Å². The molecule has 2 atom stereocenters. The lowest BCUT2D eigenvalue weighted by molar-refractivity contribution is 0.0698. The minimum Gasteiger partial charge on any atom is -0.335 e. The maximum atomic E-state index is 13.6. The van der Waals surface area contributed by atoms with Gasteiger partial charge in [0.25, 0.3) is 5.91 Å². The summed E-state index contributed by atoms with van der Waals surface area (Å²) in [6.07, 6.45) is 3.37. The fourth-order valence-corrected chi connectivity index (χ4v) is 3.21. The molecule has 4 heteroatoms. The molecule has 1 aliphatic carbocycles. The Kier molecular flexibility index (Phi) is 2.62. The number of rotatable bonds is 1. The Labute approximate surface area is 105 Å². The molecule has 2 bridgehead atoms. The number of halogens is 1. The molecule has 1 aromatic rings. The number of hydrogen-bond acceptors (Lipinski definition) is 2. The normalized spacial score (nSPS) is 26.6. The number of benzene rings is 1. The third kappa shape index (κ3) is 1.84. The second-order valence-electron chi connectivity index (χ2n) is 4.95. The maximum absolute atomic E-state index is 13.6. The van der Waals surface area contributed by atoms with Crippen LogP contribution in [-0.2, 0) is 0 Å². The monoisotopic (exact) mass is 251 g/mol. The van der Waals surface area contributed by atoms with Crippen molar-refractivity contribution in [3.05, 3.63) is 29.6 Å². The van der Waals surface area contributed by atoms with Gasteiger partial charge in [-0.3, -0.25) is 4.79 Å². The zero-order chi connectivity index (χ0) is 12.0. The van der Waals surface area contributed by atoms with Crippen molar-refractivity contribution in [2.45, 2.75) is 30.2 Å². The molecule has 0 radical (unpaired) electrons. The van der Waals surface area contributed by atoms with Gasteiger partial charge in [0, 0.05) is 17.5 Å². The molecule has 2 nitrogen and oxygen atoms in total. The van der Waals surface area contributed by atoms with E-state index in [1.807, 2.05) is 4.90 Å². The number of carbonyl (C=O) groups is 1. The minimum absolute atomic E-state index is 0.157. The Bertz CT molecular complexity index is 476. The van der Waals surface area contributed by atoms with Crippen LogP contribution in [0, 0.1) is 11.7 Å². The largest absolute Gasteiger partial charge is 0.335 e. The zero-order valence-electron chi connectivity index (χ0n) is 9.40. The molecule has 0 spiro atoms. The molecule has 0 aromatic heterocycles. The fourth-order valence-electron chi connectivity index (χ4n) is 3.01. The van der Waals surface area contributed by atoms with Crippen molar-refractivity contribution in [3.8, 4) is 0 Å². The average molecular weight is 251 g/mol. The molecule has 1 heterocycles. The topological polar surface area (TPSA) is 20.3 Å². The van der Waals surface area contributed by atoms with Gasteiger partial charge in [0.15, 0.2) is 0 Å². The van der Waals surface area contributed by atoms with Crippen LogP contribution >= 0.6 is 12.6 Å². The molecule has 90 valence electrons. The number of piperidine rings is 1. The number of carbonyl (C=O) groups excluding carboxylic acids is 1. The summed E-state index contributed by atoms with van der Waals surface area (Å²) in [6, 6.07) is 4.72. The average Bonchev–Trinajstić information content (AvgIpc) is 2.93. The third-order valence-electron chi connectivity index (χ3n) is 3.85. The predicted molar refractivity (Wildman–Crippen MR) is 65.8 cm³/mol. The van der Waals surface area contributed by atoms with Crippen LogP contribution in [0.1, 0.15) is 29.6 Å². The van der Waals surface area contributed by atoms with E-state index >= 15 is 0 Å². The first kappa shape index (κ1) is 11.1. The van der Waals surface area contributed by atoms with E-state index in [1.54, 1.807) is 6.07 Å². The molecule has 2 aliphatic rings. The number of thiol groups is 1. The summed E-state index contributed by atoms with van der Waals surface area (Å²) in [4.78, 5) is 14.7. The summed E-state index contributed by atoms with van der Waals surface area (Å²) < 4.78 is 13.6. The number of fused-ring (bicyclic) bond motifs is 2. The van der Waals surface area contributed by atoms with Crippen LogP contribution < -0.4 is 0 Å². The lowest BCUT2D eigenvalue weighted by Gasteiger charge is -2.27. The highest BCUT2D eigenvalue weighted by atomic mass is 32.1. The van der Waals surface area contributed by atoms with Gasteiger partial charge < -0.3 is 4.90 Å². The molecule has 0 N–H and O–H groups in total. The van der Waals surface area contributed by atoms with Crippen LogP contribution in [0.5, 0.6) is 0 Å². The molecule has 1 amide bonds. The fraction of sp³-hybridized carbons (Fsp3) is 0.462. The summed E-state index contributed by atoms with van der Waals surface area (Å²) in [5, 5.41) is 0. The number of likely N-dealkylation sites (tertiary alicyclic amines) is 1. The first-order valence-corrected chi connectivity index (χ1v) is 6.39. The summed E-state index contributed by atoms with van der Waals surface area (Å²) in [5.74, 6) is 0.00682. The van der Waals surface area contributed by atoms with Gasteiger partial charge in [0.1, 0.15) is 5.82 Å². The maximum Gasteiger partial charge on any atom is 0.257 e. The van der Waals surface area contributed by atoms with Gasteiger partial charge in [0.2, 0.25) is 0 Å². The highest BCUT2D eigenvalue weighted by Gasteiger charge is 2.40. The second-order valence-corrected chi connectivity index (χ2v) is 5.47. The molecular weight excluding hydrogens is 237 g/mol. The lowest BCUT2D eigenvalue weighted by atomic mass is 10.1. The summed E-state index contributed by atoms with van der Waals surface area (Å²) in [5.41, 5.74) is 0.157. The van der Waals surface area contributed by atoms with Gasteiger partial charge >= 0.3 is 0 Å². The molecule has 1 saturated heterocycles. The molecule has 2 unspecified atom stereocenters. The van der Waals surface area contributed by atoms with Crippen LogP contribution in [0.25, 0.3) is 0 Å². The van der Waals surface area contributed by atoms with Crippen LogP contribution in [0.4, 0.5) is 4.39 Å². The van der Waals surface area contributed by atoms with Crippen molar-refractivity contribution < 1.29 is 9.18 Å². The Morgan fingerprint density at radius 3 is 2.88 bits per heavy atom. The molecule has 1 saturated carbocycles. The molecule has 1 aliphatic heterocycles. The van der Waals surface area contributed by atoms with Gasteiger partial charge in [-0.05, 0) is 43.4 Å². The van der Waals surface area contributed by atoms with Crippen molar-refractivity contribution >= 4 is 18.5 Å². The molecule has 3 rings (SSSR count). The van der Waals surface area contributed by atoms with E-state index in [9.17, 15) is 9.18 Å². The van der Waals surface area contributed by atoms with E-state index in [1.165, 1.54) is 18.6 Å². The lowest BCUT2D eigenvalue weighted by Crippen LogP contribution is -2.38. The first-order chi connectivity index (χ1) is 8.15. The van der Waals surface area contributed by atoms with Gasteiger partial charge in [-0.2, -0.15) is 0 Å². The van der Waals surface area contributed by atoms with Gasteiger partial charge in [-0.1, -0.05) is 0 Å². The zero-order valence-corrected chi connectivity index (χ0v) is 10.3. The van der Waals surface area contributed by atoms with Gasteiger partial charge in [-0.15, -0.1) is 12.6 Å². The van der Waals surface area contributed by atoms with Crippen molar-refractivity contribution in [2.24, 2.45) is 5.92 Å². The van der Waals surface area contributed by atoms with Crippen molar-refractivity contribution in [2.75, 3.05) is 6.54 Å². The van der Waals surface area contributed by atoms with Gasteiger partial charge in [0.05, 0.1) is 5.56 Å². The van der Waals surface area contributed by atoms with E-state index < -0.39 is 5.82 Å². The Morgan fingerprint density at radius 1 is 1.41 bits per heavy atom. The van der Waals surface area contributed by atoms with E-state index in [2.05, 4.69) is 12.6 Å². The van der Waals surface area contributed by atoms with E-state index in [-0.39, 0.29) is 11.5 Å². The second kappa shape index (κ2) is 4.02. The highest BCUT2D eigenvalue weighted by molar-refractivity contribution is 7.80. The molecule has 17 heavy (non-hydrogen) atoms. The number of hydrogen-bond donors (Lipinski definition) is 1. The van der Waals surface area contributed by atoms with Crippen LogP contribution in [-0.4, -0.2) is 23.4 Å². The molecule has 2 fully saturated rings. The Hall–Kier alpha value is -1.03. The third-order valence-corrected chi connectivity index (χ3v) is 4.13. The smallest absolute Gasteiger partial charge is 0.257 e. The quantitative estimate of drug-likeness (QED) is 0.761. The van der Waals surface area contributed by atoms with Crippen molar-refractivity contribution in [1.29, 1.82) is 0 Å². The molecular formula is C13H14FNOS. The van der Waals surface area contributed by atoms with Crippen LogP contribution in [0.3, 0.4) is 0 Å². The summed E-state index contributed by atoms with van der Waals surface area (Å²) in [6.45, 7) is 0.791. The van der Waals surface area contributed by atoms with Crippen LogP contribution in [0.15, 0.2) is 23.1 Å². The van der Waals surface area contributed by atoms with E-state index in [4.69, 9.17) is 0 Å². The standard InChI is InChI=1S/C13H14FNOS/c14-12-4-3-10(17)6-11(12)13(16)15-7-8-1-2-9(15)5-8/h3-4,6,8-9,17H,1-2,5,7H2. The first-order valence-electron chi connectivity index (χ1n) is 5.94. The van der Waals surface area contributed by atoms with E-state index in [0.29, 0.717) is 16.9 Å². The van der Waals surface area contributed by atoms with Crippen LogP contribution in [0.2, 0.25) is 0 Å². The predicted octanol–water partition coefficient (Wildman–Crippen LogP) is 2.74. The van der Waals surface area contributed by atoms with Gasteiger partial charge in [-0.25, -0.2) is 4.39 Å². The number of amides is 1. The highest BCUT2D eigenvalue weighted by Crippen LogP contribution is 2.38. The number of nitrogens with zero attached hydrogens (tertiary/aromatic N) is 1. The Morgan fingerprint density at radius 2 is 2.24 bits per heavy atom. The van der Waals surface area contributed by atoms with Crippen molar-refractivity contribution in [1.82, 2.24) is 4.90 Å². The minimum atomic E-state index is -0.449. The van der Waals surface area contributed by atoms with E-state index in [0.717, 1.165) is 19.4 Å². The Balaban J connectivity index is 1.89. The SMILES string of the molecule is O=C(c1cc(S)ccc1F)N1CC2CCC1C2. The summed E-state index contributed by atoms with van der Waals surface area (Å²) in [7, 11) is 0. The molecule has 1 aromatic carbocycles.